The number of nitriles is 1. The van der Waals surface area contributed by atoms with Crippen molar-refractivity contribution in [3.63, 3.8) is 0 Å². The van der Waals surface area contributed by atoms with Gasteiger partial charge >= 0.3 is 5.69 Å². The van der Waals surface area contributed by atoms with E-state index in [4.69, 9.17) is 10.00 Å². The van der Waals surface area contributed by atoms with Gasteiger partial charge < -0.3 is 4.74 Å². The van der Waals surface area contributed by atoms with Crippen LogP contribution in [0.3, 0.4) is 0 Å². The summed E-state index contributed by atoms with van der Waals surface area (Å²) >= 11 is 0. The molecule has 1 heterocycles. The van der Waals surface area contributed by atoms with Crippen molar-refractivity contribution in [2.24, 2.45) is 0 Å². The van der Waals surface area contributed by atoms with Gasteiger partial charge in [0, 0.05) is 6.07 Å². The van der Waals surface area contributed by atoms with E-state index in [-0.39, 0.29) is 11.4 Å². The Bertz CT molecular complexity index is 665. The smallest absolute Gasteiger partial charge is 0.314 e. The van der Waals surface area contributed by atoms with Crippen LogP contribution >= 0.6 is 0 Å². The van der Waals surface area contributed by atoms with Crippen LogP contribution in [-0.4, -0.2) is 9.91 Å². The molecule has 0 bridgehead atoms. The molecule has 2 rings (SSSR count). The SMILES string of the molecule is N#Cc1ccc(Oc2c(F)cccc2[N+](=O)[O-])cn1. The number of hydrogen-bond acceptors (Lipinski definition) is 5. The predicted molar refractivity (Wildman–Crippen MR) is 62.1 cm³/mol. The number of ether oxygens (including phenoxy) is 1. The molecular weight excluding hydrogens is 253 g/mol. The molecule has 6 nitrogen and oxygen atoms in total. The number of para-hydroxylation sites is 1. The number of halogens is 1. The molecule has 0 atom stereocenters. The number of pyridine rings is 1. The lowest BCUT2D eigenvalue weighted by molar-refractivity contribution is -0.385. The van der Waals surface area contributed by atoms with Crippen molar-refractivity contribution in [2.75, 3.05) is 0 Å². The van der Waals surface area contributed by atoms with Gasteiger partial charge in [0.15, 0.2) is 5.82 Å². The normalized spacial score (nSPS) is 9.68. The molecular formula is C12H6FN3O3. The fourth-order valence-corrected chi connectivity index (χ4v) is 1.37. The van der Waals surface area contributed by atoms with E-state index in [1.54, 1.807) is 0 Å². The van der Waals surface area contributed by atoms with E-state index in [9.17, 15) is 14.5 Å². The molecule has 0 amide bonds. The Morgan fingerprint density at radius 2 is 2.16 bits per heavy atom. The number of rotatable bonds is 3. The number of nitro groups is 1. The Balaban J connectivity index is 2.37. The standard InChI is InChI=1S/C12H6FN3O3/c13-10-2-1-3-11(16(17)18)12(10)19-9-5-4-8(6-14)15-7-9/h1-5,7H. The first kappa shape index (κ1) is 12.4. The fourth-order valence-electron chi connectivity index (χ4n) is 1.37. The first-order valence-electron chi connectivity index (χ1n) is 5.08. The molecule has 19 heavy (non-hydrogen) atoms. The third-order valence-corrected chi connectivity index (χ3v) is 2.21. The Morgan fingerprint density at radius 1 is 1.37 bits per heavy atom. The summed E-state index contributed by atoms with van der Waals surface area (Å²) in [7, 11) is 0. The molecule has 0 N–H and O–H groups in total. The summed E-state index contributed by atoms with van der Waals surface area (Å²) in [6, 6.07) is 7.96. The molecule has 2 aromatic rings. The molecule has 7 heteroatoms. The summed E-state index contributed by atoms with van der Waals surface area (Å²) < 4.78 is 18.7. The van der Waals surface area contributed by atoms with E-state index in [1.165, 1.54) is 24.4 Å². The summed E-state index contributed by atoms with van der Waals surface area (Å²) in [6.07, 6.45) is 1.19. The van der Waals surface area contributed by atoms with Gasteiger partial charge in [0.1, 0.15) is 17.5 Å². The highest BCUT2D eigenvalue weighted by Gasteiger charge is 2.20. The fraction of sp³-hybridized carbons (Fsp3) is 0. The molecule has 0 fully saturated rings. The minimum Gasteiger partial charge on any atom is -0.445 e. The van der Waals surface area contributed by atoms with E-state index in [1.807, 2.05) is 6.07 Å². The molecule has 94 valence electrons. The molecule has 0 radical (unpaired) electrons. The van der Waals surface area contributed by atoms with Crippen molar-refractivity contribution in [1.82, 2.24) is 4.98 Å². The van der Waals surface area contributed by atoms with Gasteiger partial charge in [-0.2, -0.15) is 5.26 Å². The van der Waals surface area contributed by atoms with Gasteiger partial charge in [-0.05, 0) is 18.2 Å². The monoisotopic (exact) mass is 259 g/mol. The van der Waals surface area contributed by atoms with Crippen LogP contribution in [0.4, 0.5) is 10.1 Å². The van der Waals surface area contributed by atoms with Gasteiger partial charge in [0.05, 0.1) is 11.1 Å². The Labute approximate surface area is 106 Å². The minimum absolute atomic E-state index is 0.104. The largest absolute Gasteiger partial charge is 0.445 e. The number of nitro benzene ring substituents is 1. The maximum atomic E-state index is 13.5. The molecule has 0 unspecified atom stereocenters. The lowest BCUT2D eigenvalue weighted by Crippen LogP contribution is -1.96. The summed E-state index contributed by atoms with van der Waals surface area (Å²) in [5.41, 5.74) is -0.320. The van der Waals surface area contributed by atoms with Crippen LogP contribution in [0.2, 0.25) is 0 Å². The summed E-state index contributed by atoms with van der Waals surface area (Å²) in [5.74, 6) is -1.23. The van der Waals surface area contributed by atoms with Gasteiger partial charge in [-0.25, -0.2) is 9.37 Å². The van der Waals surface area contributed by atoms with E-state index >= 15 is 0 Å². The average molecular weight is 259 g/mol. The summed E-state index contributed by atoms with van der Waals surface area (Å²) in [4.78, 5) is 13.7. The van der Waals surface area contributed by atoms with Gasteiger partial charge in [-0.3, -0.25) is 10.1 Å². The second-order valence-electron chi connectivity index (χ2n) is 3.44. The average Bonchev–Trinajstić information content (AvgIpc) is 2.41. The number of hydrogen-bond donors (Lipinski definition) is 0. The van der Waals surface area contributed by atoms with Crippen LogP contribution < -0.4 is 4.74 Å². The second-order valence-corrected chi connectivity index (χ2v) is 3.44. The Hall–Kier alpha value is -3.01. The van der Waals surface area contributed by atoms with Gasteiger partial charge in [0.25, 0.3) is 0 Å². The highest BCUT2D eigenvalue weighted by atomic mass is 19.1. The van der Waals surface area contributed by atoms with Gasteiger partial charge in [-0.15, -0.1) is 0 Å². The zero-order valence-electron chi connectivity index (χ0n) is 9.41. The molecule has 1 aromatic heterocycles. The summed E-state index contributed by atoms with van der Waals surface area (Å²) in [6.45, 7) is 0. The van der Waals surface area contributed by atoms with Crippen molar-refractivity contribution in [3.8, 4) is 17.6 Å². The molecule has 0 saturated heterocycles. The lowest BCUT2D eigenvalue weighted by atomic mass is 10.3. The van der Waals surface area contributed by atoms with Crippen molar-refractivity contribution in [2.45, 2.75) is 0 Å². The highest BCUT2D eigenvalue weighted by molar-refractivity contribution is 5.49. The van der Waals surface area contributed by atoms with Gasteiger partial charge in [-0.1, -0.05) is 6.07 Å². The third kappa shape index (κ3) is 2.63. The lowest BCUT2D eigenvalue weighted by Gasteiger charge is -2.06. The highest BCUT2D eigenvalue weighted by Crippen LogP contribution is 2.33. The Kier molecular flexibility index (Phi) is 3.34. The van der Waals surface area contributed by atoms with Crippen LogP contribution in [0.15, 0.2) is 36.5 Å². The number of benzene rings is 1. The van der Waals surface area contributed by atoms with Crippen LogP contribution in [0.1, 0.15) is 5.69 Å². The molecule has 0 aliphatic heterocycles. The van der Waals surface area contributed by atoms with E-state index < -0.39 is 22.2 Å². The molecule has 0 aliphatic carbocycles. The number of aromatic nitrogens is 1. The van der Waals surface area contributed by atoms with Gasteiger partial charge in [0.2, 0.25) is 5.75 Å². The number of nitrogens with zero attached hydrogens (tertiary/aromatic N) is 3. The molecule has 1 aromatic carbocycles. The Morgan fingerprint density at radius 3 is 2.74 bits per heavy atom. The zero-order chi connectivity index (χ0) is 13.8. The second kappa shape index (κ2) is 5.10. The van der Waals surface area contributed by atoms with Crippen molar-refractivity contribution in [1.29, 1.82) is 5.26 Å². The first-order chi connectivity index (χ1) is 9.11. The zero-order valence-corrected chi connectivity index (χ0v) is 9.41. The van der Waals surface area contributed by atoms with E-state index in [0.717, 1.165) is 12.1 Å². The van der Waals surface area contributed by atoms with Crippen molar-refractivity contribution in [3.05, 3.63) is 58.2 Å². The van der Waals surface area contributed by atoms with E-state index in [0.29, 0.717) is 0 Å². The van der Waals surface area contributed by atoms with E-state index in [2.05, 4.69) is 4.98 Å². The molecule has 0 aliphatic rings. The quantitative estimate of drug-likeness (QED) is 0.624. The maximum absolute atomic E-state index is 13.5. The molecule has 0 saturated carbocycles. The van der Waals surface area contributed by atoms with Crippen LogP contribution in [0.25, 0.3) is 0 Å². The summed E-state index contributed by atoms with van der Waals surface area (Å²) in [5, 5.41) is 19.3. The van der Waals surface area contributed by atoms with Crippen molar-refractivity contribution >= 4 is 5.69 Å². The van der Waals surface area contributed by atoms with Crippen molar-refractivity contribution < 1.29 is 14.1 Å². The maximum Gasteiger partial charge on any atom is 0.314 e. The first-order valence-corrected chi connectivity index (χ1v) is 5.08. The minimum atomic E-state index is -0.849. The predicted octanol–water partition coefficient (Wildman–Crippen LogP) is 2.79. The van der Waals surface area contributed by atoms with Crippen LogP contribution in [0.5, 0.6) is 11.5 Å². The van der Waals surface area contributed by atoms with Crippen LogP contribution in [-0.2, 0) is 0 Å². The molecule has 0 spiro atoms. The topological polar surface area (TPSA) is 89.0 Å². The third-order valence-electron chi connectivity index (χ3n) is 2.21. The van der Waals surface area contributed by atoms with Crippen LogP contribution in [0, 0.1) is 27.3 Å².